The molecule has 0 aromatic heterocycles. The van der Waals surface area contributed by atoms with Crippen molar-refractivity contribution in [3.63, 3.8) is 0 Å². The van der Waals surface area contributed by atoms with Crippen molar-refractivity contribution in [3.05, 3.63) is 15.3 Å². The van der Waals surface area contributed by atoms with E-state index in [1.807, 2.05) is 0 Å². The normalized spacial score (nSPS) is 4.80. The van der Waals surface area contributed by atoms with Gasteiger partial charge in [-0.05, 0) is 0 Å². The predicted molar refractivity (Wildman–Crippen MR) is 17.2 cm³/mol. The zero-order chi connectivity index (χ0) is 3.58. The van der Waals surface area contributed by atoms with Gasteiger partial charge in [-0.2, -0.15) is 0 Å². The molecule has 0 fully saturated rings. The smallest absolute Gasteiger partial charge is 0.0689 e. The Morgan fingerprint density at radius 3 is 1.60 bits per heavy atom. The van der Waals surface area contributed by atoms with Crippen molar-refractivity contribution in [1.82, 2.24) is 0 Å². The maximum atomic E-state index is 8.25. The van der Waals surface area contributed by atoms with Gasteiger partial charge in [0.1, 0.15) is 0 Å². The maximum Gasteiger partial charge on any atom is 0.0689 e. The first-order valence-electron chi connectivity index (χ1n) is 0.548. The Bertz CT molecular complexity index is 33.8. The monoisotopic (exact) mass is 132 g/mol. The van der Waals surface area contributed by atoms with Gasteiger partial charge in [0.05, 0.1) is 5.09 Å². The van der Waals surface area contributed by atoms with Gasteiger partial charge in [-0.25, -0.2) is 0 Å². The van der Waals surface area contributed by atoms with E-state index in [-0.39, 0.29) is 21.2 Å². The molecule has 0 heterocycles. The Hall–Kier alpha value is -0.164. The van der Waals surface area contributed by atoms with E-state index in [2.05, 4.69) is 0 Å². The summed E-state index contributed by atoms with van der Waals surface area (Å²) in [6, 6.07) is 0. The molecule has 0 bridgehead atoms. The van der Waals surface area contributed by atoms with Crippen molar-refractivity contribution in [2.24, 2.45) is 0 Å². The van der Waals surface area contributed by atoms with Crippen molar-refractivity contribution >= 4 is 19.8 Å². The largest absolute Gasteiger partial charge is 1.00 e. The van der Waals surface area contributed by atoms with E-state index in [1.165, 1.54) is 0 Å². The first-order valence-corrected chi connectivity index (χ1v) is 0.548. The van der Waals surface area contributed by atoms with Crippen LogP contribution >= 0.6 is 0 Å². The van der Waals surface area contributed by atoms with Gasteiger partial charge in [0.25, 0.3) is 0 Å². The molecule has 29 valence electrons. The van der Waals surface area contributed by atoms with Gasteiger partial charge in [0, 0.05) is 19.8 Å². The zero-order valence-electron chi connectivity index (χ0n) is 3.25. The molecule has 5 heavy (non-hydrogen) atoms. The first-order chi connectivity index (χ1) is 1.73. The van der Waals surface area contributed by atoms with Crippen LogP contribution in [-0.2, 0) is 0 Å². The third-order valence-corrected chi connectivity index (χ3v) is 0. The minimum Gasteiger partial charge on any atom is -1.00 e. The Balaban J connectivity index is -0.0000000450. The molecular weight excluding hydrogens is 132 g/mol. The van der Waals surface area contributed by atoms with Crippen molar-refractivity contribution in [1.29, 1.82) is 0 Å². The van der Waals surface area contributed by atoms with E-state index in [0.29, 0.717) is 0 Å². The number of rotatable bonds is 0. The summed E-state index contributed by atoms with van der Waals surface area (Å²) in [5, 5.41) is 14.8. The molecule has 5 heteroatoms. The first kappa shape index (κ1) is 8.85. The molecule has 4 nitrogen and oxygen atoms in total. The van der Waals surface area contributed by atoms with Crippen molar-refractivity contribution in [2.75, 3.05) is 0 Å². The summed E-state index contributed by atoms with van der Waals surface area (Å²) < 4.78 is 0. The van der Waals surface area contributed by atoms with Crippen LogP contribution in [0.3, 0.4) is 0 Å². The zero-order valence-corrected chi connectivity index (χ0v) is 4.67. The molecule has 0 atom stereocenters. The molecule has 0 unspecified atom stereocenters. The van der Waals surface area contributed by atoms with Crippen LogP contribution in [0.1, 0.15) is 1.43 Å². The van der Waals surface area contributed by atoms with E-state index >= 15 is 0 Å². The topological polar surface area (TPSA) is 66.2 Å². The van der Waals surface area contributed by atoms with E-state index in [0.717, 1.165) is 0 Å². The van der Waals surface area contributed by atoms with E-state index < -0.39 is 5.09 Å². The minimum atomic E-state index is -1.75. The van der Waals surface area contributed by atoms with Gasteiger partial charge in [0.15, 0.2) is 0 Å². The molecule has 0 aliphatic carbocycles. The van der Waals surface area contributed by atoms with Crippen LogP contribution in [0.4, 0.5) is 0 Å². The number of hydrogen-bond donors (Lipinski definition) is 0. The number of nitrogens with zero attached hydrogens (tertiary/aromatic N) is 1. The SMILES string of the molecule is O=[N+]([O-])[O-].[Ga].[H-]. The van der Waals surface area contributed by atoms with Crippen LogP contribution in [0.5, 0.6) is 0 Å². The Morgan fingerprint density at radius 1 is 1.60 bits per heavy atom. The van der Waals surface area contributed by atoms with Crippen molar-refractivity contribution in [2.45, 2.75) is 0 Å². The second kappa shape index (κ2) is 3.84. The van der Waals surface area contributed by atoms with E-state index in [9.17, 15) is 0 Å². The average molecular weight is 133 g/mol. The maximum absolute atomic E-state index is 8.25. The fraction of sp³-hybridized carbons (Fsp3) is 0. The van der Waals surface area contributed by atoms with Gasteiger partial charge in [-0.3, -0.25) is 0 Å². The Labute approximate surface area is 42.4 Å². The fourth-order valence-corrected chi connectivity index (χ4v) is 0. The van der Waals surface area contributed by atoms with Gasteiger partial charge >= 0.3 is 0 Å². The van der Waals surface area contributed by atoms with Crippen LogP contribution in [0.2, 0.25) is 0 Å². The van der Waals surface area contributed by atoms with Crippen LogP contribution in [0.25, 0.3) is 0 Å². The van der Waals surface area contributed by atoms with E-state index in [4.69, 9.17) is 15.3 Å². The van der Waals surface area contributed by atoms with Crippen molar-refractivity contribution in [3.8, 4) is 0 Å². The molecule has 0 aromatic rings. The van der Waals surface area contributed by atoms with Crippen LogP contribution < -0.4 is 0 Å². The molecular formula is HGaNO3-2. The van der Waals surface area contributed by atoms with Gasteiger partial charge in [-0.15, -0.1) is 0 Å². The molecule has 0 aromatic carbocycles. The molecule has 0 amide bonds. The van der Waals surface area contributed by atoms with Gasteiger partial charge in [0.2, 0.25) is 0 Å². The standard InChI is InChI=1S/Ga.NO3.H/c;2-1(3)4;/q;2*-1. The fourth-order valence-electron chi connectivity index (χ4n) is 0. The van der Waals surface area contributed by atoms with Gasteiger partial charge < -0.3 is 16.7 Å². The minimum absolute atomic E-state index is 0. The molecule has 0 saturated carbocycles. The number of hydrogen-bond acceptors (Lipinski definition) is 3. The molecule has 3 radical (unpaired) electrons. The summed E-state index contributed by atoms with van der Waals surface area (Å²) in [5.74, 6) is 0. The third kappa shape index (κ3) is 483. The average Bonchev–Trinajstić information content (AvgIpc) is 0.811. The third-order valence-electron chi connectivity index (χ3n) is 0. The van der Waals surface area contributed by atoms with Crippen LogP contribution in [0, 0.1) is 15.3 Å². The summed E-state index contributed by atoms with van der Waals surface area (Å²) in [7, 11) is 0. The van der Waals surface area contributed by atoms with E-state index in [1.54, 1.807) is 0 Å². The summed E-state index contributed by atoms with van der Waals surface area (Å²) in [5.41, 5.74) is 0. The Morgan fingerprint density at radius 2 is 1.60 bits per heavy atom. The summed E-state index contributed by atoms with van der Waals surface area (Å²) in [4.78, 5) is 8.25. The second-order valence-electron chi connectivity index (χ2n) is 0.224. The molecule has 0 aliphatic heterocycles. The molecule has 0 N–H and O–H groups in total. The molecule has 0 spiro atoms. The summed E-state index contributed by atoms with van der Waals surface area (Å²) in [6.45, 7) is 0. The molecule has 0 aliphatic rings. The van der Waals surface area contributed by atoms with Crippen LogP contribution in [0.15, 0.2) is 0 Å². The molecule has 0 saturated heterocycles. The quantitative estimate of drug-likeness (QED) is 0.254. The van der Waals surface area contributed by atoms with Gasteiger partial charge in [-0.1, -0.05) is 0 Å². The molecule has 0 rings (SSSR count). The van der Waals surface area contributed by atoms with Crippen LogP contribution in [-0.4, -0.2) is 24.9 Å². The Kier molecular flexibility index (Phi) is 6.79. The predicted octanol–water partition coefficient (Wildman–Crippen LogP) is -0.507. The summed E-state index contributed by atoms with van der Waals surface area (Å²) >= 11 is 0. The van der Waals surface area contributed by atoms with Crippen molar-refractivity contribution < 1.29 is 6.51 Å². The second-order valence-corrected chi connectivity index (χ2v) is 0.224. The summed E-state index contributed by atoms with van der Waals surface area (Å²) in [6.07, 6.45) is 0.